The highest BCUT2D eigenvalue weighted by molar-refractivity contribution is 7.98. The quantitative estimate of drug-likeness (QED) is 0.404. The second-order valence-electron chi connectivity index (χ2n) is 8.91. The molecule has 2 aromatic carbocycles. The summed E-state index contributed by atoms with van der Waals surface area (Å²) in [6.45, 7) is 2.04. The Labute approximate surface area is 207 Å². The summed E-state index contributed by atoms with van der Waals surface area (Å²) in [5.41, 5.74) is 6.93. The molecule has 3 aromatic rings. The van der Waals surface area contributed by atoms with E-state index in [4.69, 9.17) is 5.73 Å². The number of primary amides is 1. The zero-order valence-electron chi connectivity index (χ0n) is 19.3. The molecule has 8 nitrogen and oxygen atoms in total. The largest absolute Gasteiger partial charge is 0.369 e. The molecular weight excluding hydrogens is 462 g/mol. The van der Waals surface area contributed by atoms with Gasteiger partial charge in [-0.3, -0.25) is 14.4 Å². The summed E-state index contributed by atoms with van der Waals surface area (Å²) in [6.07, 6.45) is 2.80. The molecule has 2 N–H and O–H groups in total. The second kappa shape index (κ2) is 9.58. The second-order valence-corrected chi connectivity index (χ2v) is 9.90. The summed E-state index contributed by atoms with van der Waals surface area (Å²) in [5, 5.41) is 4.47. The Bertz CT molecular complexity index is 1280. The van der Waals surface area contributed by atoms with Crippen molar-refractivity contribution < 1.29 is 9.59 Å². The molecule has 0 spiro atoms. The number of anilines is 1. The van der Waals surface area contributed by atoms with Gasteiger partial charge < -0.3 is 15.5 Å². The lowest BCUT2D eigenvalue weighted by Gasteiger charge is -2.37. The normalized spacial score (nSPS) is 16.7. The van der Waals surface area contributed by atoms with Crippen LogP contribution >= 0.6 is 11.8 Å². The van der Waals surface area contributed by atoms with Gasteiger partial charge in [-0.05, 0) is 30.5 Å². The number of para-hydroxylation sites is 1. The molecule has 5 rings (SSSR count). The zero-order valence-corrected chi connectivity index (χ0v) is 20.1. The van der Waals surface area contributed by atoms with Gasteiger partial charge in [0.1, 0.15) is 10.3 Å². The van der Waals surface area contributed by atoms with Crippen LogP contribution in [0.3, 0.4) is 0 Å². The van der Waals surface area contributed by atoms with Gasteiger partial charge in [-0.1, -0.05) is 48.5 Å². The zero-order chi connectivity index (χ0) is 24.4. The average molecular weight is 490 g/mol. The minimum absolute atomic E-state index is 0.166. The molecular formula is C26H27N5O3S. The number of carbonyl (C=O) groups excluding carboxylic acids is 2. The Balaban J connectivity index is 1.40. The van der Waals surface area contributed by atoms with E-state index in [1.54, 1.807) is 11.1 Å². The van der Waals surface area contributed by atoms with Gasteiger partial charge in [-0.15, -0.1) is 11.8 Å². The lowest BCUT2D eigenvalue weighted by Crippen LogP contribution is -2.53. The lowest BCUT2D eigenvalue weighted by atomic mass is 10.0. The lowest BCUT2D eigenvalue weighted by molar-refractivity contribution is -0.143. The Hall–Kier alpha value is -3.59. The average Bonchev–Trinajstić information content (AvgIpc) is 3.71. The highest BCUT2D eigenvalue weighted by Gasteiger charge is 2.57. The van der Waals surface area contributed by atoms with Crippen molar-refractivity contribution in [1.82, 2.24) is 14.7 Å². The summed E-state index contributed by atoms with van der Waals surface area (Å²) >= 11 is 1.50. The number of hydrogen-bond donors (Lipinski definition) is 1. The third-order valence-corrected chi connectivity index (χ3v) is 7.83. The van der Waals surface area contributed by atoms with Crippen LogP contribution in [0.2, 0.25) is 0 Å². The molecule has 1 aliphatic heterocycles. The number of amides is 2. The number of thioether (sulfide) groups is 1. The predicted octanol–water partition coefficient (Wildman–Crippen LogP) is 2.44. The van der Waals surface area contributed by atoms with Crippen LogP contribution in [0.15, 0.2) is 76.6 Å². The predicted molar refractivity (Wildman–Crippen MR) is 135 cm³/mol. The van der Waals surface area contributed by atoms with E-state index < -0.39 is 11.3 Å². The number of rotatable bonds is 7. The Morgan fingerprint density at radius 2 is 1.57 bits per heavy atom. The fourth-order valence-electron chi connectivity index (χ4n) is 4.42. The fourth-order valence-corrected chi connectivity index (χ4v) is 5.46. The number of carbonyl (C=O) groups is 2. The van der Waals surface area contributed by atoms with E-state index in [1.807, 2.05) is 60.7 Å². The molecule has 2 heterocycles. The van der Waals surface area contributed by atoms with Crippen molar-refractivity contribution in [1.29, 1.82) is 0 Å². The highest BCUT2D eigenvalue weighted by Crippen LogP contribution is 2.47. The molecule has 1 aliphatic carbocycles. The van der Waals surface area contributed by atoms with E-state index in [9.17, 15) is 14.4 Å². The van der Waals surface area contributed by atoms with Crippen LogP contribution in [0.5, 0.6) is 0 Å². The van der Waals surface area contributed by atoms with Crippen LogP contribution < -0.4 is 16.2 Å². The van der Waals surface area contributed by atoms with Gasteiger partial charge in [-0.25, -0.2) is 0 Å². The van der Waals surface area contributed by atoms with E-state index in [0.717, 1.165) is 11.3 Å². The van der Waals surface area contributed by atoms with Crippen LogP contribution in [0.1, 0.15) is 18.4 Å². The maximum atomic E-state index is 13.6. The fraction of sp³-hybridized carbons (Fsp3) is 0.308. The van der Waals surface area contributed by atoms with Crippen molar-refractivity contribution in [2.24, 2.45) is 11.1 Å². The molecule has 2 aliphatic rings. The Morgan fingerprint density at radius 3 is 2.17 bits per heavy atom. The number of benzene rings is 2. The first-order valence-electron chi connectivity index (χ1n) is 11.7. The molecule has 2 fully saturated rings. The first-order chi connectivity index (χ1) is 17.0. The van der Waals surface area contributed by atoms with Crippen molar-refractivity contribution in [2.45, 2.75) is 23.5 Å². The minimum atomic E-state index is -1.00. The number of hydrogen-bond acceptors (Lipinski definition) is 6. The van der Waals surface area contributed by atoms with E-state index >= 15 is 0 Å². The molecule has 35 heavy (non-hydrogen) atoms. The summed E-state index contributed by atoms with van der Waals surface area (Å²) in [4.78, 5) is 42.7. The monoisotopic (exact) mass is 489 g/mol. The van der Waals surface area contributed by atoms with Crippen LogP contribution in [-0.2, 0) is 15.3 Å². The van der Waals surface area contributed by atoms with Gasteiger partial charge in [0.25, 0.3) is 5.56 Å². The molecule has 9 heteroatoms. The van der Waals surface area contributed by atoms with Crippen molar-refractivity contribution >= 4 is 29.3 Å². The standard InChI is InChI=1S/C26H27N5O3S/c27-24(33)26(11-12-26)25(34)30-15-13-29(14-16-30)21-17-28-31(20-9-5-2-6-10-20)23(32)22(21)35-18-19-7-3-1-4-8-19/h1-10,17H,11-16,18H2,(H2,27,33). The van der Waals surface area contributed by atoms with E-state index in [2.05, 4.69) is 10.00 Å². The first kappa shape index (κ1) is 23.2. The van der Waals surface area contributed by atoms with Crippen LogP contribution in [0, 0.1) is 5.41 Å². The van der Waals surface area contributed by atoms with Crippen LogP contribution in [-0.4, -0.2) is 52.7 Å². The van der Waals surface area contributed by atoms with Gasteiger partial charge in [0, 0.05) is 31.9 Å². The summed E-state index contributed by atoms with van der Waals surface area (Å²) in [5.74, 6) is -0.0410. The number of nitrogens with zero attached hydrogens (tertiary/aromatic N) is 4. The van der Waals surface area contributed by atoms with Gasteiger partial charge in [0.2, 0.25) is 11.8 Å². The maximum Gasteiger partial charge on any atom is 0.287 e. The Kier molecular flexibility index (Phi) is 6.34. The molecule has 0 bridgehead atoms. The van der Waals surface area contributed by atoms with Crippen LogP contribution in [0.4, 0.5) is 5.69 Å². The molecule has 1 saturated carbocycles. The molecule has 180 valence electrons. The van der Waals surface area contributed by atoms with E-state index in [1.165, 1.54) is 16.4 Å². The summed E-state index contributed by atoms with van der Waals surface area (Å²) in [6, 6.07) is 19.4. The van der Waals surface area contributed by atoms with Crippen LogP contribution in [0.25, 0.3) is 5.69 Å². The molecule has 0 atom stereocenters. The summed E-state index contributed by atoms with van der Waals surface area (Å²) in [7, 11) is 0. The molecule has 0 radical (unpaired) electrons. The van der Waals surface area contributed by atoms with Crippen molar-refractivity contribution in [3.8, 4) is 5.69 Å². The third kappa shape index (κ3) is 4.55. The molecule has 1 aromatic heterocycles. The number of nitrogens with two attached hydrogens (primary N) is 1. The van der Waals surface area contributed by atoms with Crippen molar-refractivity contribution in [3.63, 3.8) is 0 Å². The minimum Gasteiger partial charge on any atom is -0.369 e. The van der Waals surface area contributed by atoms with Gasteiger partial charge >= 0.3 is 0 Å². The topological polar surface area (TPSA) is 102 Å². The molecule has 2 amide bonds. The molecule has 0 unspecified atom stereocenters. The summed E-state index contributed by atoms with van der Waals surface area (Å²) < 4.78 is 1.43. The van der Waals surface area contributed by atoms with Gasteiger partial charge in [0.05, 0.1) is 17.6 Å². The van der Waals surface area contributed by atoms with Crippen molar-refractivity contribution in [3.05, 3.63) is 82.8 Å². The van der Waals surface area contributed by atoms with Crippen molar-refractivity contribution in [2.75, 3.05) is 31.1 Å². The van der Waals surface area contributed by atoms with Gasteiger partial charge in [-0.2, -0.15) is 9.78 Å². The van der Waals surface area contributed by atoms with E-state index in [-0.39, 0.29) is 11.5 Å². The highest BCUT2D eigenvalue weighted by atomic mass is 32.2. The maximum absolute atomic E-state index is 13.6. The smallest absolute Gasteiger partial charge is 0.287 e. The van der Waals surface area contributed by atoms with E-state index in [0.29, 0.717) is 55.4 Å². The molecule has 1 saturated heterocycles. The third-order valence-electron chi connectivity index (χ3n) is 6.68. The number of piperazine rings is 1. The number of aromatic nitrogens is 2. The first-order valence-corrected chi connectivity index (χ1v) is 12.7. The Morgan fingerprint density at radius 1 is 0.943 bits per heavy atom. The van der Waals surface area contributed by atoms with Gasteiger partial charge in [0.15, 0.2) is 0 Å². The SMILES string of the molecule is NC(=O)C1(C(=O)N2CCN(c3cnn(-c4ccccc4)c(=O)c3SCc3ccccc3)CC2)CC1.